The lowest BCUT2D eigenvalue weighted by Crippen LogP contribution is -2.01. The fraction of sp³-hybridized carbons (Fsp3) is 0.133. The highest BCUT2D eigenvalue weighted by Gasteiger charge is 2.03. The molecule has 2 nitrogen and oxygen atoms in total. The summed E-state index contributed by atoms with van der Waals surface area (Å²) in [7, 11) is 0. The zero-order valence-corrected chi connectivity index (χ0v) is 10.1. The van der Waals surface area contributed by atoms with Gasteiger partial charge in [0, 0.05) is 17.7 Å². The van der Waals surface area contributed by atoms with Crippen molar-refractivity contribution < 1.29 is 4.74 Å². The zero-order valence-electron chi connectivity index (χ0n) is 10.1. The van der Waals surface area contributed by atoms with E-state index in [0.29, 0.717) is 5.69 Å². The quantitative estimate of drug-likeness (QED) is 0.332. The van der Waals surface area contributed by atoms with Crippen LogP contribution >= 0.6 is 0 Å². The summed E-state index contributed by atoms with van der Waals surface area (Å²) in [6, 6.07) is 15.2. The third-order valence-electron chi connectivity index (χ3n) is 2.91. The van der Waals surface area contributed by atoms with Crippen molar-refractivity contribution in [1.82, 2.24) is 0 Å². The Hall–Kier alpha value is -2.09. The molecule has 0 amide bonds. The molecule has 2 aromatic carbocycles. The van der Waals surface area contributed by atoms with E-state index in [1.54, 1.807) is 18.3 Å². The maximum absolute atomic E-state index is 11.9. The molecule has 0 heterocycles. The van der Waals surface area contributed by atoms with Crippen LogP contribution in [0.25, 0.3) is 0 Å². The zero-order chi connectivity index (χ0) is 12.3. The molecule has 86 valence electrons. The molecule has 0 saturated heterocycles. The second kappa shape index (κ2) is 4.83. The van der Waals surface area contributed by atoms with Gasteiger partial charge in [-0.3, -0.25) is 0 Å². The summed E-state index contributed by atoms with van der Waals surface area (Å²) in [5.74, 6) is 0. The van der Waals surface area contributed by atoms with Gasteiger partial charge >= 0.3 is 0 Å². The van der Waals surface area contributed by atoms with Gasteiger partial charge in [0.2, 0.25) is 5.69 Å². The Kier molecular flexibility index (Phi) is 3.24. The molecule has 0 atom stereocenters. The molecule has 0 aliphatic rings. The molecule has 0 aliphatic carbocycles. The van der Waals surface area contributed by atoms with E-state index < -0.39 is 0 Å². The van der Waals surface area contributed by atoms with Crippen LogP contribution in [0.4, 0.5) is 5.69 Å². The molecule has 0 bridgehead atoms. The number of hydrogen-bond acceptors (Lipinski definition) is 1. The van der Waals surface area contributed by atoms with Crippen molar-refractivity contribution in [3.05, 3.63) is 70.4 Å². The minimum absolute atomic E-state index is 0.647. The summed E-state index contributed by atoms with van der Waals surface area (Å²) in [5, 5.41) is 11.9. The van der Waals surface area contributed by atoms with E-state index in [9.17, 15) is 5.21 Å². The van der Waals surface area contributed by atoms with Crippen LogP contribution in [-0.2, 0) is 0 Å². The van der Waals surface area contributed by atoms with Crippen LogP contribution in [0.3, 0.4) is 0 Å². The van der Waals surface area contributed by atoms with Gasteiger partial charge in [-0.25, -0.2) is 0 Å². The first-order valence-corrected chi connectivity index (χ1v) is 5.61. The fourth-order valence-electron chi connectivity index (χ4n) is 1.69. The summed E-state index contributed by atoms with van der Waals surface area (Å²) in [4.78, 5) is 0. The Morgan fingerprint density at radius 1 is 0.941 bits per heavy atom. The minimum Gasteiger partial charge on any atom is -0.618 e. The van der Waals surface area contributed by atoms with Crippen molar-refractivity contribution in [2.75, 3.05) is 0 Å². The van der Waals surface area contributed by atoms with Gasteiger partial charge in [0.15, 0.2) is 6.21 Å². The summed E-state index contributed by atoms with van der Waals surface area (Å²) in [6.07, 6.45) is 1.62. The van der Waals surface area contributed by atoms with Crippen molar-refractivity contribution in [2.45, 2.75) is 13.8 Å². The van der Waals surface area contributed by atoms with E-state index in [2.05, 4.69) is 0 Å². The van der Waals surface area contributed by atoms with Crippen LogP contribution in [0.15, 0.2) is 48.5 Å². The average Bonchev–Trinajstić information content (AvgIpc) is 2.36. The predicted octanol–water partition coefficient (Wildman–Crippen LogP) is 3.56. The molecule has 0 aromatic heterocycles. The van der Waals surface area contributed by atoms with Gasteiger partial charge in [0.1, 0.15) is 0 Å². The van der Waals surface area contributed by atoms with Crippen molar-refractivity contribution in [2.24, 2.45) is 0 Å². The third-order valence-corrected chi connectivity index (χ3v) is 2.91. The molecule has 2 heteroatoms. The highest BCUT2D eigenvalue weighted by atomic mass is 16.5. The standard InChI is InChI=1S/C15H15NO/c1-12-7-6-8-14(13(12)2)11-16(17)15-9-4-3-5-10-15/h3-11H,1-2H3. The lowest BCUT2D eigenvalue weighted by Gasteiger charge is -2.05. The second-order valence-electron chi connectivity index (χ2n) is 4.08. The first kappa shape index (κ1) is 11.4. The van der Waals surface area contributed by atoms with E-state index in [1.165, 1.54) is 5.56 Å². The van der Waals surface area contributed by atoms with E-state index in [0.717, 1.165) is 15.9 Å². The summed E-state index contributed by atoms with van der Waals surface area (Å²) in [5.41, 5.74) is 3.95. The Balaban J connectivity index is 2.40. The van der Waals surface area contributed by atoms with Crippen molar-refractivity contribution >= 4 is 11.9 Å². The molecule has 0 radical (unpaired) electrons. The van der Waals surface area contributed by atoms with Crippen LogP contribution in [0.1, 0.15) is 16.7 Å². The van der Waals surface area contributed by atoms with Crippen molar-refractivity contribution in [3.63, 3.8) is 0 Å². The molecule has 0 N–H and O–H groups in total. The molecule has 0 saturated carbocycles. The molecule has 0 unspecified atom stereocenters. The van der Waals surface area contributed by atoms with Gasteiger partial charge < -0.3 is 5.21 Å². The Labute approximate surface area is 101 Å². The summed E-state index contributed by atoms with van der Waals surface area (Å²) >= 11 is 0. The Bertz CT molecular complexity index is 544. The van der Waals surface area contributed by atoms with Crippen LogP contribution < -0.4 is 0 Å². The molecule has 0 aliphatic heterocycles. The topological polar surface area (TPSA) is 26.1 Å². The normalized spacial score (nSPS) is 11.5. The SMILES string of the molecule is Cc1cccc(C=[N+]([O-])c2ccccc2)c1C. The fourth-order valence-corrected chi connectivity index (χ4v) is 1.69. The molecular formula is C15H15NO. The van der Waals surface area contributed by atoms with Crippen LogP contribution in [0.2, 0.25) is 0 Å². The van der Waals surface area contributed by atoms with E-state index in [1.807, 2.05) is 50.2 Å². The summed E-state index contributed by atoms with van der Waals surface area (Å²) < 4.78 is 0.905. The molecule has 0 spiro atoms. The minimum atomic E-state index is 0.647. The monoisotopic (exact) mass is 225 g/mol. The first-order chi connectivity index (χ1) is 8.18. The smallest absolute Gasteiger partial charge is 0.216 e. The lowest BCUT2D eigenvalue weighted by atomic mass is 10.0. The number of nitrogens with zero attached hydrogens (tertiary/aromatic N) is 1. The lowest BCUT2D eigenvalue weighted by molar-refractivity contribution is -0.354. The highest BCUT2D eigenvalue weighted by molar-refractivity contribution is 5.79. The van der Waals surface area contributed by atoms with E-state index >= 15 is 0 Å². The second-order valence-corrected chi connectivity index (χ2v) is 4.08. The Morgan fingerprint density at radius 2 is 1.65 bits per heavy atom. The van der Waals surface area contributed by atoms with Gasteiger partial charge in [-0.1, -0.05) is 30.3 Å². The largest absolute Gasteiger partial charge is 0.618 e. The van der Waals surface area contributed by atoms with E-state index in [-0.39, 0.29) is 0 Å². The third kappa shape index (κ3) is 2.53. The van der Waals surface area contributed by atoms with Crippen molar-refractivity contribution in [3.8, 4) is 0 Å². The molecule has 2 aromatic rings. The van der Waals surface area contributed by atoms with E-state index in [4.69, 9.17) is 0 Å². The van der Waals surface area contributed by atoms with Gasteiger partial charge in [0.05, 0.1) is 0 Å². The van der Waals surface area contributed by atoms with Crippen molar-refractivity contribution in [1.29, 1.82) is 0 Å². The van der Waals surface area contributed by atoms with Gasteiger partial charge in [-0.2, -0.15) is 4.74 Å². The molecule has 2 rings (SSSR count). The van der Waals surface area contributed by atoms with Gasteiger partial charge in [-0.15, -0.1) is 0 Å². The predicted molar refractivity (Wildman–Crippen MR) is 70.8 cm³/mol. The number of aryl methyl sites for hydroxylation is 1. The van der Waals surface area contributed by atoms with Crippen LogP contribution in [0, 0.1) is 19.1 Å². The summed E-state index contributed by atoms with van der Waals surface area (Å²) in [6.45, 7) is 4.07. The average molecular weight is 225 g/mol. The molecule has 0 fully saturated rings. The van der Waals surface area contributed by atoms with Crippen LogP contribution in [-0.4, -0.2) is 11.0 Å². The maximum atomic E-state index is 11.9. The van der Waals surface area contributed by atoms with Crippen LogP contribution in [0.5, 0.6) is 0 Å². The number of para-hydroxylation sites is 1. The number of rotatable bonds is 2. The number of benzene rings is 2. The highest BCUT2D eigenvalue weighted by Crippen LogP contribution is 2.13. The molecular weight excluding hydrogens is 210 g/mol. The molecule has 17 heavy (non-hydrogen) atoms. The van der Waals surface area contributed by atoms with Gasteiger partial charge in [-0.05, 0) is 31.0 Å². The van der Waals surface area contributed by atoms with Gasteiger partial charge in [0.25, 0.3) is 0 Å². The maximum Gasteiger partial charge on any atom is 0.216 e. The Morgan fingerprint density at radius 3 is 2.35 bits per heavy atom. The first-order valence-electron chi connectivity index (χ1n) is 5.61. The number of hydrogen-bond donors (Lipinski definition) is 0.